The number of amides is 2. The van der Waals surface area contributed by atoms with Gasteiger partial charge < -0.3 is 15.3 Å². The molecule has 5 heteroatoms. The molecule has 0 aromatic heterocycles. The number of fused-ring (bicyclic) bond motifs is 1. The highest BCUT2D eigenvalue weighted by Gasteiger charge is 2.40. The van der Waals surface area contributed by atoms with Crippen molar-refractivity contribution in [3.8, 4) is 0 Å². The number of piperidine rings is 1. The molecule has 1 unspecified atom stereocenters. The Morgan fingerprint density at radius 2 is 2.40 bits per heavy atom. The van der Waals surface area contributed by atoms with Crippen molar-refractivity contribution in [1.29, 1.82) is 0 Å². The molecule has 3 atom stereocenters. The van der Waals surface area contributed by atoms with Crippen molar-refractivity contribution in [2.75, 3.05) is 26.7 Å². The van der Waals surface area contributed by atoms with E-state index in [1.807, 2.05) is 7.05 Å². The van der Waals surface area contributed by atoms with E-state index in [-0.39, 0.29) is 18.2 Å². The zero-order valence-electron chi connectivity index (χ0n) is 9.31. The lowest BCUT2D eigenvalue weighted by Gasteiger charge is -2.36. The summed E-state index contributed by atoms with van der Waals surface area (Å²) in [6, 6.07) is 0.599. The van der Waals surface area contributed by atoms with Crippen molar-refractivity contribution in [3.05, 3.63) is 0 Å². The summed E-state index contributed by atoms with van der Waals surface area (Å²) in [5.41, 5.74) is 0. The molecule has 2 fully saturated rings. The summed E-state index contributed by atoms with van der Waals surface area (Å²) in [6.07, 6.45) is 0.698. The van der Waals surface area contributed by atoms with E-state index < -0.39 is 0 Å². The Bertz CT molecular complexity index is 257. The van der Waals surface area contributed by atoms with E-state index in [4.69, 9.17) is 0 Å². The maximum Gasteiger partial charge on any atom is 0.317 e. The number of carbonyl (C=O) groups excluding carboxylic acids is 1. The molecular weight excluding hydrogens is 194 g/mol. The zero-order chi connectivity index (χ0) is 11.0. The van der Waals surface area contributed by atoms with Gasteiger partial charge in [-0.1, -0.05) is 0 Å². The second kappa shape index (κ2) is 3.98. The van der Waals surface area contributed by atoms with Gasteiger partial charge in [-0.05, 0) is 13.3 Å². The predicted molar refractivity (Wildman–Crippen MR) is 56.6 cm³/mol. The Labute approximate surface area is 90.0 Å². The summed E-state index contributed by atoms with van der Waals surface area (Å²) in [5, 5.41) is 12.3. The molecule has 2 rings (SSSR count). The molecule has 0 aliphatic carbocycles. The average Bonchev–Trinajstić information content (AvgIpc) is 2.41. The monoisotopic (exact) mass is 213 g/mol. The minimum absolute atomic E-state index is 0.0314. The van der Waals surface area contributed by atoms with Gasteiger partial charge in [0.05, 0.1) is 18.2 Å². The van der Waals surface area contributed by atoms with Crippen LogP contribution < -0.4 is 5.32 Å². The first kappa shape index (κ1) is 10.7. The minimum atomic E-state index is -0.295. The molecule has 0 saturated carbocycles. The van der Waals surface area contributed by atoms with Crippen LogP contribution in [0.5, 0.6) is 0 Å². The summed E-state index contributed by atoms with van der Waals surface area (Å²) in [6.45, 7) is 4.31. The second-order valence-electron chi connectivity index (χ2n) is 4.63. The summed E-state index contributed by atoms with van der Waals surface area (Å²) in [5.74, 6) is 0. The molecule has 0 spiro atoms. The van der Waals surface area contributed by atoms with Gasteiger partial charge in [-0.2, -0.15) is 0 Å². The van der Waals surface area contributed by atoms with Crippen LogP contribution >= 0.6 is 0 Å². The first-order valence-electron chi connectivity index (χ1n) is 5.51. The summed E-state index contributed by atoms with van der Waals surface area (Å²) < 4.78 is 0. The van der Waals surface area contributed by atoms with Crippen LogP contribution in [-0.2, 0) is 0 Å². The average molecular weight is 213 g/mol. The lowest BCUT2D eigenvalue weighted by atomic mass is 10.00. The van der Waals surface area contributed by atoms with Gasteiger partial charge in [-0.3, -0.25) is 4.90 Å². The van der Waals surface area contributed by atoms with Crippen molar-refractivity contribution in [2.24, 2.45) is 0 Å². The van der Waals surface area contributed by atoms with Gasteiger partial charge in [0.15, 0.2) is 0 Å². The number of carbonyl (C=O) groups is 1. The van der Waals surface area contributed by atoms with Crippen LogP contribution in [0, 0.1) is 0 Å². The van der Waals surface area contributed by atoms with Gasteiger partial charge >= 0.3 is 6.03 Å². The normalized spacial score (nSPS) is 33.8. The third kappa shape index (κ3) is 2.08. The Morgan fingerprint density at radius 3 is 3.07 bits per heavy atom. The van der Waals surface area contributed by atoms with Crippen molar-refractivity contribution >= 4 is 6.03 Å². The van der Waals surface area contributed by atoms with Gasteiger partial charge in [0.2, 0.25) is 0 Å². The molecule has 5 nitrogen and oxygen atoms in total. The topological polar surface area (TPSA) is 55.8 Å². The summed E-state index contributed by atoms with van der Waals surface area (Å²) >= 11 is 0. The van der Waals surface area contributed by atoms with Crippen LogP contribution in [0.3, 0.4) is 0 Å². The number of urea groups is 1. The number of rotatable bonds is 2. The predicted octanol–water partition coefficient (Wildman–Crippen LogP) is -0.535. The maximum atomic E-state index is 11.4. The second-order valence-corrected chi connectivity index (χ2v) is 4.63. The summed E-state index contributed by atoms with van der Waals surface area (Å²) in [4.78, 5) is 15.4. The zero-order valence-corrected chi connectivity index (χ0v) is 9.31. The molecule has 2 saturated heterocycles. The van der Waals surface area contributed by atoms with Crippen LogP contribution in [-0.4, -0.2) is 65.8 Å². The fourth-order valence-corrected chi connectivity index (χ4v) is 2.56. The number of likely N-dealkylation sites (N-methyl/N-ethyl adjacent to an activating group) is 1. The third-order valence-electron chi connectivity index (χ3n) is 3.31. The Kier molecular flexibility index (Phi) is 2.84. The van der Waals surface area contributed by atoms with Gasteiger partial charge in [-0.15, -0.1) is 0 Å². The minimum Gasteiger partial charge on any atom is -0.392 e. The lowest BCUT2D eigenvalue weighted by molar-refractivity contribution is 0.0906. The van der Waals surface area contributed by atoms with Crippen LogP contribution in [0.4, 0.5) is 4.79 Å². The van der Waals surface area contributed by atoms with E-state index in [2.05, 4.69) is 10.2 Å². The Balaban J connectivity index is 1.93. The molecular formula is C10H19N3O2. The summed E-state index contributed by atoms with van der Waals surface area (Å²) in [7, 11) is 1.85. The molecule has 0 bridgehead atoms. The van der Waals surface area contributed by atoms with E-state index in [1.165, 1.54) is 0 Å². The van der Waals surface area contributed by atoms with Crippen LogP contribution in [0.25, 0.3) is 0 Å². The quantitative estimate of drug-likeness (QED) is 0.648. The van der Waals surface area contributed by atoms with Crippen LogP contribution in [0.1, 0.15) is 13.3 Å². The highest BCUT2D eigenvalue weighted by Crippen LogP contribution is 2.21. The molecule has 2 heterocycles. The van der Waals surface area contributed by atoms with Gasteiger partial charge in [0.1, 0.15) is 0 Å². The number of aliphatic hydroxyl groups excluding tert-OH is 1. The van der Waals surface area contributed by atoms with Crippen molar-refractivity contribution in [2.45, 2.75) is 31.5 Å². The van der Waals surface area contributed by atoms with Crippen molar-refractivity contribution in [1.82, 2.24) is 15.1 Å². The SMILES string of the molecule is CC(O)CN1CC[C@H]2[C@@H](C1)NC(=O)N2C. The highest BCUT2D eigenvalue weighted by molar-refractivity contribution is 5.77. The third-order valence-corrected chi connectivity index (χ3v) is 3.31. The maximum absolute atomic E-state index is 11.4. The number of nitrogens with one attached hydrogen (secondary N) is 1. The number of hydrogen-bond donors (Lipinski definition) is 2. The number of hydrogen-bond acceptors (Lipinski definition) is 3. The fourth-order valence-electron chi connectivity index (χ4n) is 2.56. The molecule has 2 N–H and O–H groups in total. The molecule has 0 aromatic carbocycles. The van der Waals surface area contributed by atoms with E-state index >= 15 is 0 Å². The van der Waals surface area contributed by atoms with E-state index in [0.29, 0.717) is 12.6 Å². The Morgan fingerprint density at radius 1 is 1.67 bits per heavy atom. The smallest absolute Gasteiger partial charge is 0.317 e. The molecule has 2 aliphatic rings. The largest absolute Gasteiger partial charge is 0.392 e. The van der Waals surface area contributed by atoms with Crippen molar-refractivity contribution in [3.63, 3.8) is 0 Å². The first-order chi connectivity index (χ1) is 7.08. The Hall–Kier alpha value is -0.810. The van der Waals surface area contributed by atoms with Gasteiger partial charge in [-0.25, -0.2) is 4.79 Å². The molecule has 15 heavy (non-hydrogen) atoms. The standard InChI is InChI=1S/C10H19N3O2/c1-7(14)5-13-4-3-9-8(6-13)11-10(15)12(9)2/h7-9,14H,3-6H2,1-2H3,(H,11,15)/t7?,8-,9+/m1/s1. The van der Waals surface area contributed by atoms with Gasteiger partial charge in [0.25, 0.3) is 0 Å². The van der Waals surface area contributed by atoms with E-state index in [0.717, 1.165) is 19.5 Å². The first-order valence-corrected chi connectivity index (χ1v) is 5.51. The molecule has 2 amide bonds. The number of β-amino-alcohol motifs (C(OH)–C–C–N with tert-alkyl or cyclic N) is 1. The number of likely N-dealkylation sites (tertiary alicyclic amines) is 1. The molecule has 2 aliphatic heterocycles. The van der Waals surface area contributed by atoms with E-state index in [1.54, 1.807) is 11.8 Å². The van der Waals surface area contributed by atoms with Gasteiger partial charge in [0, 0.05) is 26.7 Å². The molecule has 0 radical (unpaired) electrons. The lowest BCUT2D eigenvalue weighted by Crippen LogP contribution is -2.52. The van der Waals surface area contributed by atoms with Crippen LogP contribution in [0.2, 0.25) is 0 Å². The molecule has 86 valence electrons. The number of aliphatic hydroxyl groups is 1. The van der Waals surface area contributed by atoms with Crippen molar-refractivity contribution < 1.29 is 9.90 Å². The van der Waals surface area contributed by atoms with E-state index in [9.17, 15) is 9.90 Å². The number of nitrogens with zero attached hydrogens (tertiary/aromatic N) is 2. The fraction of sp³-hybridized carbons (Fsp3) is 0.900. The molecule has 0 aromatic rings. The van der Waals surface area contributed by atoms with Crippen LogP contribution in [0.15, 0.2) is 0 Å². The highest BCUT2D eigenvalue weighted by atomic mass is 16.3.